The zero-order valence-corrected chi connectivity index (χ0v) is 18.9. The van der Waals surface area contributed by atoms with Crippen LogP contribution in [0.5, 0.6) is 11.6 Å². The van der Waals surface area contributed by atoms with Crippen molar-refractivity contribution in [1.29, 1.82) is 0 Å². The fourth-order valence-corrected chi connectivity index (χ4v) is 3.86. The monoisotopic (exact) mass is 487 g/mol. The number of rotatable bonds is 6. The summed E-state index contributed by atoms with van der Waals surface area (Å²) in [6.07, 6.45) is 3.05. The Kier molecular flexibility index (Phi) is 7.33. The van der Waals surface area contributed by atoms with Crippen molar-refractivity contribution < 1.29 is 27.4 Å². The van der Waals surface area contributed by atoms with Crippen molar-refractivity contribution in [2.24, 2.45) is 0 Å². The number of hydrogen-bond donors (Lipinski definition) is 2. The smallest absolute Gasteiger partial charge is 0.416 e. The number of carbonyl (C=O) groups is 1. The normalized spacial score (nSPS) is 17.9. The van der Waals surface area contributed by atoms with E-state index in [2.05, 4.69) is 25.6 Å². The maximum absolute atomic E-state index is 13.0. The van der Waals surface area contributed by atoms with E-state index in [0.29, 0.717) is 37.4 Å². The summed E-state index contributed by atoms with van der Waals surface area (Å²) < 4.78 is 50.2. The number of amides is 2. The number of anilines is 1. The van der Waals surface area contributed by atoms with Crippen LogP contribution < -0.4 is 20.1 Å². The zero-order chi connectivity index (χ0) is 24.8. The van der Waals surface area contributed by atoms with E-state index in [1.807, 2.05) is 6.07 Å². The van der Waals surface area contributed by atoms with E-state index in [1.165, 1.54) is 13.2 Å². The van der Waals surface area contributed by atoms with Crippen LogP contribution in [0.2, 0.25) is 0 Å². The third-order valence-electron chi connectivity index (χ3n) is 5.62. The predicted molar refractivity (Wildman–Crippen MR) is 122 cm³/mol. The summed E-state index contributed by atoms with van der Waals surface area (Å²) in [4.78, 5) is 25.2. The van der Waals surface area contributed by atoms with Gasteiger partial charge in [-0.15, -0.1) is 0 Å². The Morgan fingerprint density at radius 3 is 2.57 bits per heavy atom. The first-order valence-corrected chi connectivity index (χ1v) is 11.0. The molecule has 2 heterocycles. The maximum Gasteiger partial charge on any atom is 0.416 e. The summed E-state index contributed by atoms with van der Waals surface area (Å²) in [5.74, 6) is 1.12. The predicted octanol–water partition coefficient (Wildman–Crippen LogP) is 5.08. The highest BCUT2D eigenvalue weighted by Gasteiger charge is 2.31. The van der Waals surface area contributed by atoms with E-state index >= 15 is 0 Å². The van der Waals surface area contributed by atoms with E-state index in [9.17, 15) is 18.0 Å². The van der Waals surface area contributed by atoms with Gasteiger partial charge in [-0.05, 0) is 56.0 Å². The number of urea groups is 1. The molecule has 1 saturated carbocycles. The molecule has 0 unspecified atom stereocenters. The lowest BCUT2D eigenvalue weighted by atomic mass is 9.93. The van der Waals surface area contributed by atoms with Crippen molar-refractivity contribution in [2.75, 3.05) is 12.4 Å². The van der Waals surface area contributed by atoms with Crippen molar-refractivity contribution in [3.05, 3.63) is 60.6 Å². The molecule has 11 heteroatoms. The van der Waals surface area contributed by atoms with Crippen LogP contribution in [0.25, 0.3) is 11.4 Å². The third kappa shape index (κ3) is 6.37. The number of benzene rings is 1. The van der Waals surface area contributed by atoms with Crippen LogP contribution in [-0.2, 0) is 6.18 Å². The molecule has 2 N–H and O–H groups in total. The van der Waals surface area contributed by atoms with Crippen molar-refractivity contribution in [1.82, 2.24) is 20.3 Å². The molecule has 4 rings (SSSR count). The summed E-state index contributed by atoms with van der Waals surface area (Å²) in [7, 11) is 1.32. The molecule has 0 spiro atoms. The number of halogens is 3. The Bertz CT molecular complexity index is 1150. The Balaban J connectivity index is 1.30. The van der Waals surface area contributed by atoms with Crippen LogP contribution >= 0.6 is 0 Å². The summed E-state index contributed by atoms with van der Waals surface area (Å²) >= 11 is 0. The van der Waals surface area contributed by atoms with Gasteiger partial charge in [0.2, 0.25) is 5.88 Å². The number of methoxy groups -OCH3 is 1. The highest BCUT2D eigenvalue weighted by molar-refractivity contribution is 5.91. The minimum Gasteiger partial charge on any atom is -0.495 e. The molecular formula is C24H24F3N5O3. The van der Waals surface area contributed by atoms with Crippen LogP contribution in [0.15, 0.2) is 55.0 Å². The van der Waals surface area contributed by atoms with E-state index in [1.54, 1.807) is 30.7 Å². The summed E-state index contributed by atoms with van der Waals surface area (Å²) in [5.41, 5.74) is -0.137. The molecule has 0 saturated heterocycles. The molecule has 8 nitrogen and oxygen atoms in total. The molecule has 0 radical (unpaired) electrons. The van der Waals surface area contributed by atoms with Gasteiger partial charge in [-0.1, -0.05) is 0 Å². The second-order valence-corrected chi connectivity index (χ2v) is 8.06. The lowest BCUT2D eigenvalue weighted by Crippen LogP contribution is -2.41. The Hall–Kier alpha value is -3.89. The minimum absolute atomic E-state index is 0.0509. The van der Waals surface area contributed by atoms with Gasteiger partial charge in [0, 0.05) is 36.3 Å². The number of nitrogens with zero attached hydrogens (tertiary/aromatic N) is 3. The van der Waals surface area contributed by atoms with Crippen molar-refractivity contribution in [3.63, 3.8) is 0 Å². The van der Waals surface area contributed by atoms with Crippen LogP contribution in [-0.4, -0.2) is 40.2 Å². The summed E-state index contributed by atoms with van der Waals surface area (Å²) in [6, 6.07) is 7.56. The molecule has 3 aromatic rings. The third-order valence-corrected chi connectivity index (χ3v) is 5.62. The molecule has 2 aromatic heterocycles. The quantitative estimate of drug-likeness (QED) is 0.503. The van der Waals surface area contributed by atoms with Gasteiger partial charge in [-0.2, -0.15) is 18.2 Å². The maximum atomic E-state index is 13.0. The van der Waals surface area contributed by atoms with Crippen molar-refractivity contribution in [3.8, 4) is 23.0 Å². The standard InChI is InChI=1S/C24H24F3N5O3/c1-34-20-9-4-16(24(25,26)27)13-19(20)31-23(33)30-17-5-7-18(8-6-17)35-21-10-12-29-22(32-21)15-3-2-11-28-14-15/h2-4,9-14,17-18H,5-8H2,1H3,(H2,30,31,33). The van der Waals surface area contributed by atoms with Gasteiger partial charge in [0.15, 0.2) is 5.82 Å². The SMILES string of the molecule is COc1ccc(C(F)(F)F)cc1NC(=O)NC1CCC(Oc2ccnc(-c3cccnc3)n2)CC1. The fraction of sp³-hybridized carbons (Fsp3) is 0.333. The van der Waals surface area contributed by atoms with Crippen LogP contribution in [0, 0.1) is 0 Å². The van der Waals surface area contributed by atoms with Gasteiger partial charge in [-0.25, -0.2) is 9.78 Å². The molecule has 1 aliphatic rings. The largest absolute Gasteiger partial charge is 0.495 e. The molecule has 35 heavy (non-hydrogen) atoms. The number of aromatic nitrogens is 3. The van der Waals surface area contributed by atoms with E-state index < -0.39 is 17.8 Å². The molecule has 1 aliphatic carbocycles. The second-order valence-electron chi connectivity index (χ2n) is 8.06. The average Bonchev–Trinajstić information content (AvgIpc) is 2.85. The number of hydrogen-bond acceptors (Lipinski definition) is 6. The molecule has 1 fully saturated rings. The molecule has 184 valence electrons. The topological polar surface area (TPSA) is 98.3 Å². The molecule has 2 amide bonds. The van der Waals surface area contributed by atoms with Gasteiger partial charge in [0.1, 0.15) is 11.9 Å². The van der Waals surface area contributed by atoms with Crippen LogP contribution in [0.4, 0.5) is 23.7 Å². The van der Waals surface area contributed by atoms with Crippen LogP contribution in [0.3, 0.4) is 0 Å². The molecule has 0 bridgehead atoms. The van der Waals surface area contributed by atoms with Gasteiger partial charge in [0.05, 0.1) is 18.4 Å². The highest BCUT2D eigenvalue weighted by atomic mass is 19.4. The summed E-state index contributed by atoms with van der Waals surface area (Å²) in [5, 5.41) is 5.28. The van der Waals surface area contributed by atoms with E-state index in [0.717, 1.165) is 17.7 Å². The van der Waals surface area contributed by atoms with E-state index in [4.69, 9.17) is 9.47 Å². The van der Waals surface area contributed by atoms with Gasteiger partial charge >= 0.3 is 12.2 Å². The van der Waals surface area contributed by atoms with Gasteiger partial charge in [-0.3, -0.25) is 4.98 Å². The fourth-order valence-electron chi connectivity index (χ4n) is 3.86. The first-order chi connectivity index (χ1) is 16.8. The molecule has 0 atom stereocenters. The Morgan fingerprint density at radius 1 is 1.09 bits per heavy atom. The first-order valence-electron chi connectivity index (χ1n) is 11.0. The van der Waals surface area contributed by atoms with Crippen molar-refractivity contribution >= 4 is 11.7 Å². The number of ether oxygens (including phenoxy) is 2. The molecule has 0 aliphatic heterocycles. The lowest BCUT2D eigenvalue weighted by molar-refractivity contribution is -0.137. The van der Waals surface area contributed by atoms with Crippen LogP contribution in [0.1, 0.15) is 31.2 Å². The zero-order valence-electron chi connectivity index (χ0n) is 18.9. The minimum atomic E-state index is -4.53. The first kappa shape index (κ1) is 24.2. The number of alkyl halides is 3. The highest BCUT2D eigenvalue weighted by Crippen LogP contribution is 2.35. The van der Waals surface area contributed by atoms with Gasteiger partial charge in [0.25, 0.3) is 0 Å². The number of carbonyl (C=O) groups excluding carboxylic acids is 1. The van der Waals surface area contributed by atoms with E-state index in [-0.39, 0.29) is 23.6 Å². The molecule has 1 aromatic carbocycles. The second kappa shape index (κ2) is 10.6. The number of nitrogens with one attached hydrogen (secondary N) is 2. The number of pyridine rings is 1. The Morgan fingerprint density at radius 2 is 1.89 bits per heavy atom. The lowest BCUT2D eigenvalue weighted by Gasteiger charge is -2.29. The molecular weight excluding hydrogens is 463 g/mol. The average molecular weight is 487 g/mol. The van der Waals surface area contributed by atoms with Gasteiger partial charge < -0.3 is 20.1 Å². The summed E-state index contributed by atoms with van der Waals surface area (Å²) in [6.45, 7) is 0. The Labute approximate surface area is 199 Å². The van der Waals surface area contributed by atoms with Crippen molar-refractivity contribution in [2.45, 2.75) is 44.0 Å².